The van der Waals surface area contributed by atoms with E-state index in [4.69, 9.17) is 0 Å². The first kappa shape index (κ1) is 16.9. The van der Waals surface area contributed by atoms with Crippen molar-refractivity contribution in [3.8, 4) is 11.4 Å². The van der Waals surface area contributed by atoms with Gasteiger partial charge in [-0.15, -0.1) is 0 Å². The summed E-state index contributed by atoms with van der Waals surface area (Å²) < 4.78 is 16.0. The van der Waals surface area contributed by atoms with E-state index in [0.717, 1.165) is 11.1 Å². The van der Waals surface area contributed by atoms with Gasteiger partial charge < -0.3 is 10.6 Å². The summed E-state index contributed by atoms with van der Waals surface area (Å²) in [5, 5.41) is 9.55. The summed E-state index contributed by atoms with van der Waals surface area (Å²) in [5.74, 6) is -0.863. The van der Waals surface area contributed by atoms with Crippen LogP contribution in [0.15, 0.2) is 42.7 Å². The van der Waals surface area contributed by atoms with Crippen molar-refractivity contribution in [3.63, 3.8) is 0 Å². The number of nitrogens with one attached hydrogen (secondary N) is 2. The van der Waals surface area contributed by atoms with Gasteiger partial charge in [0, 0.05) is 30.4 Å². The first-order valence-electron chi connectivity index (χ1n) is 8.39. The van der Waals surface area contributed by atoms with Gasteiger partial charge in [0.1, 0.15) is 12.1 Å². The van der Waals surface area contributed by atoms with Crippen molar-refractivity contribution >= 4 is 23.2 Å². The van der Waals surface area contributed by atoms with Crippen LogP contribution in [-0.4, -0.2) is 26.6 Å². The van der Waals surface area contributed by atoms with E-state index in [1.165, 1.54) is 12.1 Å². The van der Waals surface area contributed by atoms with E-state index < -0.39 is 11.7 Å². The molecule has 2 N–H and O–H groups in total. The highest BCUT2D eigenvalue weighted by atomic mass is 19.1. The van der Waals surface area contributed by atoms with Crippen LogP contribution in [0, 0.1) is 5.82 Å². The van der Waals surface area contributed by atoms with Crippen LogP contribution in [0.1, 0.15) is 22.3 Å². The average molecular weight is 365 g/mol. The lowest BCUT2D eigenvalue weighted by Gasteiger charge is -2.18. The van der Waals surface area contributed by atoms with Crippen LogP contribution in [0.4, 0.5) is 15.8 Å². The van der Waals surface area contributed by atoms with Crippen LogP contribution in [0.5, 0.6) is 0 Å². The van der Waals surface area contributed by atoms with E-state index >= 15 is 0 Å². The number of halogens is 1. The fraction of sp³-hybridized carbons (Fsp3) is 0.158. The molecule has 136 valence electrons. The zero-order valence-electron chi connectivity index (χ0n) is 14.5. The number of rotatable bonds is 3. The highest BCUT2D eigenvalue weighted by molar-refractivity contribution is 6.05. The molecule has 27 heavy (non-hydrogen) atoms. The van der Waals surface area contributed by atoms with E-state index in [9.17, 15) is 14.0 Å². The number of aromatic nitrogens is 3. The van der Waals surface area contributed by atoms with Gasteiger partial charge >= 0.3 is 0 Å². The first-order valence-corrected chi connectivity index (χ1v) is 8.39. The van der Waals surface area contributed by atoms with Gasteiger partial charge in [-0.3, -0.25) is 14.3 Å². The first-order chi connectivity index (χ1) is 13.0. The number of amides is 2. The Bertz CT molecular complexity index is 1060. The molecular formula is C19H16FN5O2. The normalized spacial score (nSPS) is 13.0. The number of carbonyl (C=O) groups is 2. The minimum absolute atomic E-state index is 0.0636. The molecule has 0 atom stereocenters. The second-order valence-corrected chi connectivity index (χ2v) is 6.31. The van der Waals surface area contributed by atoms with Crippen LogP contribution in [0.25, 0.3) is 11.4 Å². The van der Waals surface area contributed by atoms with Crippen molar-refractivity contribution in [2.45, 2.75) is 12.8 Å². The third kappa shape index (κ3) is 3.41. The minimum Gasteiger partial charge on any atom is -0.326 e. The van der Waals surface area contributed by atoms with Crippen LogP contribution < -0.4 is 10.6 Å². The maximum atomic E-state index is 14.4. The molecule has 0 spiro atoms. The second-order valence-electron chi connectivity index (χ2n) is 6.31. The lowest BCUT2D eigenvalue weighted by molar-refractivity contribution is -0.116. The molecule has 2 aromatic carbocycles. The van der Waals surface area contributed by atoms with Crippen molar-refractivity contribution in [2.24, 2.45) is 7.05 Å². The number of hydrogen-bond acceptors (Lipinski definition) is 4. The van der Waals surface area contributed by atoms with Gasteiger partial charge in [-0.25, -0.2) is 9.37 Å². The van der Waals surface area contributed by atoms with Gasteiger partial charge in [0.2, 0.25) is 5.91 Å². The molecule has 0 radical (unpaired) electrons. The van der Waals surface area contributed by atoms with Crippen LogP contribution >= 0.6 is 0 Å². The predicted molar refractivity (Wildman–Crippen MR) is 97.7 cm³/mol. The van der Waals surface area contributed by atoms with Crippen LogP contribution in [0.2, 0.25) is 0 Å². The lowest BCUT2D eigenvalue weighted by atomic mass is 9.99. The van der Waals surface area contributed by atoms with Crippen molar-refractivity contribution in [1.29, 1.82) is 0 Å². The van der Waals surface area contributed by atoms with Crippen molar-refractivity contribution in [2.75, 3.05) is 10.6 Å². The summed E-state index contributed by atoms with van der Waals surface area (Å²) >= 11 is 0. The standard InChI is InChI=1S/C19H16FN5O2/c1-25-10-21-18(24-25)12-3-2-4-13(7-12)22-19(27)14-8-11-5-6-17(26)23-16(11)9-15(14)20/h2-4,7-10H,5-6H2,1H3,(H,22,27)(H,23,26). The Balaban J connectivity index is 1.59. The molecule has 0 unspecified atom stereocenters. The molecule has 8 heteroatoms. The van der Waals surface area contributed by atoms with Gasteiger partial charge in [-0.2, -0.15) is 5.10 Å². The zero-order chi connectivity index (χ0) is 19.0. The Morgan fingerprint density at radius 2 is 2.11 bits per heavy atom. The van der Waals surface area contributed by atoms with Crippen LogP contribution in [0.3, 0.4) is 0 Å². The topological polar surface area (TPSA) is 88.9 Å². The highest BCUT2D eigenvalue weighted by Crippen LogP contribution is 2.27. The van der Waals surface area contributed by atoms with Gasteiger partial charge in [0.25, 0.3) is 5.91 Å². The molecule has 3 aromatic rings. The van der Waals surface area contributed by atoms with E-state index in [0.29, 0.717) is 30.0 Å². The molecule has 2 amide bonds. The molecule has 0 aliphatic carbocycles. The van der Waals surface area contributed by atoms with E-state index in [1.807, 2.05) is 6.07 Å². The Labute approximate surface area is 154 Å². The fourth-order valence-electron chi connectivity index (χ4n) is 2.98. The number of nitrogens with zero attached hydrogens (tertiary/aromatic N) is 3. The van der Waals surface area contributed by atoms with Crippen molar-refractivity contribution in [3.05, 3.63) is 59.7 Å². The summed E-state index contributed by atoms with van der Waals surface area (Å²) in [6.07, 6.45) is 2.38. The van der Waals surface area contributed by atoms with Crippen LogP contribution in [-0.2, 0) is 18.3 Å². The molecule has 1 aromatic heterocycles. The van der Waals surface area contributed by atoms with E-state index in [-0.39, 0.29) is 11.5 Å². The quantitative estimate of drug-likeness (QED) is 0.747. The zero-order valence-corrected chi connectivity index (χ0v) is 14.5. The Kier molecular flexibility index (Phi) is 4.15. The average Bonchev–Trinajstić information content (AvgIpc) is 3.07. The number of anilines is 2. The fourth-order valence-corrected chi connectivity index (χ4v) is 2.98. The van der Waals surface area contributed by atoms with Gasteiger partial charge in [-0.1, -0.05) is 12.1 Å². The molecular weight excluding hydrogens is 349 g/mol. The molecule has 0 saturated carbocycles. The number of fused-ring (bicyclic) bond motifs is 1. The predicted octanol–water partition coefficient (Wildman–Crippen LogP) is 2.76. The summed E-state index contributed by atoms with van der Waals surface area (Å²) in [6.45, 7) is 0. The van der Waals surface area contributed by atoms with Gasteiger partial charge in [0.05, 0.1) is 5.56 Å². The molecule has 1 aliphatic rings. The molecule has 2 heterocycles. The van der Waals surface area contributed by atoms with Gasteiger partial charge in [0.15, 0.2) is 5.82 Å². The smallest absolute Gasteiger partial charge is 0.258 e. The molecule has 0 fully saturated rings. The largest absolute Gasteiger partial charge is 0.326 e. The van der Waals surface area contributed by atoms with Crippen molar-refractivity contribution < 1.29 is 14.0 Å². The maximum Gasteiger partial charge on any atom is 0.258 e. The monoisotopic (exact) mass is 365 g/mol. The van der Waals surface area contributed by atoms with E-state index in [1.54, 1.807) is 36.3 Å². The van der Waals surface area contributed by atoms with E-state index in [2.05, 4.69) is 20.7 Å². The SMILES string of the molecule is Cn1cnc(-c2cccc(NC(=O)c3cc4c(cc3F)NC(=O)CC4)c2)n1. The third-order valence-electron chi connectivity index (χ3n) is 4.31. The summed E-state index contributed by atoms with van der Waals surface area (Å²) in [4.78, 5) is 28.2. The summed E-state index contributed by atoms with van der Waals surface area (Å²) in [7, 11) is 1.77. The maximum absolute atomic E-state index is 14.4. The number of aryl methyl sites for hydroxylation is 2. The minimum atomic E-state index is -0.684. The number of benzene rings is 2. The summed E-state index contributed by atoms with van der Waals surface area (Å²) in [5.41, 5.74) is 2.35. The Morgan fingerprint density at radius 1 is 1.26 bits per heavy atom. The second kappa shape index (κ2) is 6.64. The number of hydrogen-bond donors (Lipinski definition) is 2. The molecule has 0 saturated heterocycles. The van der Waals surface area contributed by atoms with Gasteiger partial charge in [-0.05, 0) is 36.2 Å². The molecule has 0 bridgehead atoms. The molecule has 4 rings (SSSR count). The summed E-state index contributed by atoms with van der Waals surface area (Å²) in [6, 6.07) is 9.71. The third-order valence-corrected chi connectivity index (χ3v) is 4.31. The Hall–Kier alpha value is -3.55. The highest BCUT2D eigenvalue weighted by Gasteiger charge is 2.20. The molecule has 7 nitrogen and oxygen atoms in total. The Morgan fingerprint density at radius 3 is 2.89 bits per heavy atom. The lowest BCUT2D eigenvalue weighted by Crippen LogP contribution is -2.21. The van der Waals surface area contributed by atoms with Crippen molar-refractivity contribution in [1.82, 2.24) is 14.8 Å². The molecule has 1 aliphatic heterocycles. The number of carbonyl (C=O) groups excluding carboxylic acids is 2.